The van der Waals surface area contributed by atoms with Crippen LogP contribution in [0.1, 0.15) is 36.6 Å². The zero-order chi connectivity index (χ0) is 21.3. The Balaban J connectivity index is 1.48. The first-order valence-electron chi connectivity index (χ1n) is 10.5. The topological polar surface area (TPSA) is 106 Å². The fraction of sp³-hybridized carbons (Fsp3) is 0.619. The van der Waals surface area contributed by atoms with Crippen molar-refractivity contribution in [1.29, 1.82) is 5.26 Å². The Hall–Kier alpha value is -1.76. The van der Waals surface area contributed by atoms with E-state index in [4.69, 9.17) is 17.3 Å². The second kappa shape index (κ2) is 8.77. The SMILES string of the molecule is N#Cc1cc(C2NCC(CNC(=O)C3(F)CC3)C(N3CCC(CN)C3)N2)ccc1Cl. The molecule has 3 fully saturated rings. The molecule has 0 radical (unpaired) electrons. The van der Waals surface area contributed by atoms with Gasteiger partial charge in [-0.2, -0.15) is 5.26 Å². The van der Waals surface area contributed by atoms with Gasteiger partial charge in [-0.3, -0.25) is 20.3 Å². The predicted molar refractivity (Wildman–Crippen MR) is 112 cm³/mol. The zero-order valence-corrected chi connectivity index (χ0v) is 17.6. The number of carbonyl (C=O) groups is 1. The van der Waals surface area contributed by atoms with Crippen LogP contribution in [0, 0.1) is 23.2 Å². The van der Waals surface area contributed by atoms with E-state index in [2.05, 4.69) is 26.9 Å². The van der Waals surface area contributed by atoms with Crippen LogP contribution < -0.4 is 21.7 Å². The molecule has 5 N–H and O–H groups in total. The van der Waals surface area contributed by atoms with Gasteiger partial charge in [-0.25, -0.2) is 4.39 Å². The monoisotopic (exact) mass is 434 g/mol. The van der Waals surface area contributed by atoms with E-state index in [1.807, 2.05) is 6.07 Å². The summed E-state index contributed by atoms with van der Waals surface area (Å²) in [4.78, 5) is 14.5. The minimum Gasteiger partial charge on any atom is -0.353 e. The normalized spacial score (nSPS) is 30.6. The van der Waals surface area contributed by atoms with Crippen molar-refractivity contribution in [2.75, 3.05) is 32.7 Å². The van der Waals surface area contributed by atoms with Crippen molar-refractivity contribution in [3.8, 4) is 6.07 Å². The molecule has 30 heavy (non-hydrogen) atoms. The van der Waals surface area contributed by atoms with Gasteiger partial charge >= 0.3 is 0 Å². The minimum absolute atomic E-state index is 0.00378. The molecule has 4 atom stereocenters. The quantitative estimate of drug-likeness (QED) is 0.537. The van der Waals surface area contributed by atoms with Crippen LogP contribution in [-0.4, -0.2) is 55.4 Å². The van der Waals surface area contributed by atoms with E-state index in [1.54, 1.807) is 12.1 Å². The van der Waals surface area contributed by atoms with Gasteiger partial charge in [-0.05, 0) is 49.4 Å². The lowest BCUT2D eigenvalue weighted by Gasteiger charge is -2.43. The lowest BCUT2D eigenvalue weighted by atomic mass is 9.98. The van der Waals surface area contributed by atoms with Crippen LogP contribution in [0.2, 0.25) is 5.02 Å². The number of hydrogen-bond acceptors (Lipinski definition) is 6. The third-order valence-electron chi connectivity index (χ3n) is 6.48. The molecule has 0 spiro atoms. The zero-order valence-electron chi connectivity index (χ0n) is 16.8. The number of nitrogens with zero attached hydrogens (tertiary/aromatic N) is 2. The van der Waals surface area contributed by atoms with Gasteiger partial charge in [0.1, 0.15) is 6.07 Å². The standard InChI is InChI=1S/C21H28ClFN6O/c22-17-2-1-14(7-15(17)9-25)18-26-10-16(11-27-20(30)21(23)4-5-21)19(28-18)29-6-3-13(8-24)12-29/h1-2,7,13,16,18-19,26,28H,3-6,8,10-12,24H2,(H,27,30). The highest BCUT2D eigenvalue weighted by Gasteiger charge is 2.51. The van der Waals surface area contributed by atoms with E-state index in [0.717, 1.165) is 25.1 Å². The van der Waals surface area contributed by atoms with Crippen molar-refractivity contribution in [1.82, 2.24) is 20.9 Å². The lowest BCUT2D eigenvalue weighted by Crippen LogP contribution is -2.62. The molecule has 2 saturated heterocycles. The number of nitrogens with two attached hydrogens (primary N) is 1. The molecule has 7 nitrogen and oxygen atoms in total. The van der Waals surface area contributed by atoms with Crippen LogP contribution in [0.3, 0.4) is 0 Å². The largest absolute Gasteiger partial charge is 0.353 e. The summed E-state index contributed by atoms with van der Waals surface area (Å²) in [6, 6.07) is 7.55. The van der Waals surface area contributed by atoms with E-state index >= 15 is 0 Å². The number of hydrogen-bond donors (Lipinski definition) is 4. The van der Waals surface area contributed by atoms with Crippen molar-refractivity contribution >= 4 is 17.5 Å². The molecule has 2 aliphatic heterocycles. The fourth-order valence-electron chi connectivity index (χ4n) is 4.38. The first kappa shape index (κ1) is 21.5. The summed E-state index contributed by atoms with van der Waals surface area (Å²) in [6.07, 6.45) is 1.52. The van der Waals surface area contributed by atoms with Gasteiger partial charge in [0.2, 0.25) is 0 Å². The molecule has 1 aromatic carbocycles. The fourth-order valence-corrected chi connectivity index (χ4v) is 4.54. The summed E-state index contributed by atoms with van der Waals surface area (Å²) in [6.45, 7) is 3.52. The van der Waals surface area contributed by atoms with Gasteiger partial charge in [0.15, 0.2) is 5.67 Å². The van der Waals surface area contributed by atoms with E-state index in [1.165, 1.54) is 0 Å². The van der Waals surface area contributed by atoms with Crippen LogP contribution in [0.25, 0.3) is 0 Å². The van der Waals surface area contributed by atoms with Crippen molar-refractivity contribution < 1.29 is 9.18 Å². The van der Waals surface area contributed by atoms with Gasteiger partial charge in [0, 0.05) is 32.1 Å². The molecule has 3 aliphatic rings. The molecule has 1 aromatic rings. The minimum atomic E-state index is -1.66. The Morgan fingerprint density at radius 1 is 1.47 bits per heavy atom. The maximum absolute atomic E-state index is 14.0. The summed E-state index contributed by atoms with van der Waals surface area (Å²) in [5, 5.41) is 19.6. The van der Waals surface area contributed by atoms with Crippen LogP contribution in [0.5, 0.6) is 0 Å². The number of nitriles is 1. The molecule has 162 valence electrons. The van der Waals surface area contributed by atoms with E-state index < -0.39 is 11.6 Å². The molecule has 1 amide bonds. The van der Waals surface area contributed by atoms with Gasteiger partial charge in [0.25, 0.3) is 5.91 Å². The number of nitrogens with one attached hydrogen (secondary N) is 3. The third kappa shape index (κ3) is 4.46. The predicted octanol–water partition coefficient (Wildman–Crippen LogP) is 1.24. The van der Waals surface area contributed by atoms with Gasteiger partial charge < -0.3 is 11.1 Å². The number of halogens is 2. The highest BCUT2D eigenvalue weighted by atomic mass is 35.5. The lowest BCUT2D eigenvalue weighted by molar-refractivity contribution is -0.127. The van der Waals surface area contributed by atoms with E-state index in [9.17, 15) is 14.4 Å². The summed E-state index contributed by atoms with van der Waals surface area (Å²) in [5.41, 5.74) is 5.58. The van der Waals surface area contributed by atoms with Gasteiger partial charge in [-0.1, -0.05) is 17.7 Å². The number of rotatable bonds is 6. The number of likely N-dealkylation sites (tertiary alicyclic amines) is 1. The molecule has 4 rings (SSSR count). The average molecular weight is 435 g/mol. The van der Waals surface area contributed by atoms with E-state index in [-0.39, 0.29) is 18.2 Å². The Morgan fingerprint density at radius 3 is 2.93 bits per heavy atom. The van der Waals surface area contributed by atoms with Crippen molar-refractivity contribution in [2.24, 2.45) is 17.6 Å². The maximum Gasteiger partial charge on any atom is 0.257 e. The highest BCUT2D eigenvalue weighted by molar-refractivity contribution is 6.31. The molecule has 0 bridgehead atoms. The third-order valence-corrected chi connectivity index (χ3v) is 6.81. The Labute approximate surface area is 181 Å². The smallest absolute Gasteiger partial charge is 0.257 e. The van der Waals surface area contributed by atoms with Crippen molar-refractivity contribution in [2.45, 2.75) is 37.3 Å². The van der Waals surface area contributed by atoms with Gasteiger partial charge in [0.05, 0.1) is 22.9 Å². The molecule has 0 aromatic heterocycles. The summed E-state index contributed by atoms with van der Waals surface area (Å²) < 4.78 is 14.0. The first-order chi connectivity index (χ1) is 14.4. The highest BCUT2D eigenvalue weighted by Crippen LogP contribution is 2.39. The summed E-state index contributed by atoms with van der Waals surface area (Å²) in [5.74, 6) is 0.0319. The Morgan fingerprint density at radius 2 is 2.27 bits per heavy atom. The number of amides is 1. The van der Waals surface area contributed by atoms with Crippen LogP contribution in [0.15, 0.2) is 18.2 Å². The molecule has 1 aliphatic carbocycles. The van der Waals surface area contributed by atoms with Crippen molar-refractivity contribution in [3.05, 3.63) is 34.3 Å². The maximum atomic E-state index is 14.0. The van der Waals surface area contributed by atoms with Crippen LogP contribution in [-0.2, 0) is 4.79 Å². The van der Waals surface area contributed by atoms with Gasteiger partial charge in [-0.15, -0.1) is 0 Å². The molecule has 1 saturated carbocycles. The molecular formula is C21H28ClFN6O. The number of alkyl halides is 1. The first-order valence-corrected chi connectivity index (χ1v) is 10.9. The van der Waals surface area contributed by atoms with E-state index in [0.29, 0.717) is 49.0 Å². The number of carbonyl (C=O) groups excluding carboxylic acids is 1. The summed E-state index contributed by atoms with van der Waals surface area (Å²) in [7, 11) is 0. The van der Waals surface area contributed by atoms with Crippen LogP contribution >= 0.6 is 11.6 Å². The average Bonchev–Trinajstić information content (AvgIpc) is 3.34. The van der Waals surface area contributed by atoms with Crippen LogP contribution in [0.4, 0.5) is 4.39 Å². The number of benzene rings is 1. The molecule has 4 unspecified atom stereocenters. The second-order valence-corrected chi connectivity index (χ2v) is 9.03. The Kier molecular flexibility index (Phi) is 6.28. The molecular weight excluding hydrogens is 407 g/mol. The summed E-state index contributed by atoms with van der Waals surface area (Å²) >= 11 is 6.08. The van der Waals surface area contributed by atoms with Crippen molar-refractivity contribution in [3.63, 3.8) is 0 Å². The molecule has 9 heteroatoms. The second-order valence-electron chi connectivity index (χ2n) is 8.62. The Bertz CT molecular complexity index is 841. The molecule has 2 heterocycles.